The van der Waals surface area contributed by atoms with Crippen molar-refractivity contribution in [3.63, 3.8) is 0 Å². The standard InChI is InChI=1S/C15H20Cl2O/c1-18-15-9-7-12(16)10-13(15)14(17)8-6-11-4-2-3-5-11/h7,9-11,14H,2-6,8H2,1H3. The van der Waals surface area contributed by atoms with Crippen molar-refractivity contribution in [3.05, 3.63) is 28.8 Å². The molecule has 0 amide bonds. The van der Waals surface area contributed by atoms with E-state index in [0.29, 0.717) is 0 Å². The molecule has 0 saturated heterocycles. The van der Waals surface area contributed by atoms with Crippen LogP contribution in [0.5, 0.6) is 5.75 Å². The zero-order valence-electron chi connectivity index (χ0n) is 10.8. The van der Waals surface area contributed by atoms with Crippen LogP contribution in [0.3, 0.4) is 0 Å². The number of halogens is 2. The number of benzene rings is 1. The molecular formula is C15H20Cl2O. The van der Waals surface area contributed by atoms with Gasteiger partial charge in [-0.15, -0.1) is 11.6 Å². The van der Waals surface area contributed by atoms with Gasteiger partial charge in [-0.25, -0.2) is 0 Å². The maximum absolute atomic E-state index is 6.50. The van der Waals surface area contributed by atoms with Crippen molar-refractivity contribution in [2.45, 2.75) is 43.9 Å². The van der Waals surface area contributed by atoms with Gasteiger partial charge in [-0.1, -0.05) is 37.3 Å². The Labute approximate surface area is 119 Å². The molecule has 100 valence electrons. The summed E-state index contributed by atoms with van der Waals surface area (Å²) in [5.41, 5.74) is 1.02. The molecule has 1 aromatic rings. The normalized spacial score (nSPS) is 17.9. The Morgan fingerprint density at radius 3 is 2.72 bits per heavy atom. The van der Waals surface area contributed by atoms with Crippen molar-refractivity contribution in [2.24, 2.45) is 5.92 Å². The minimum absolute atomic E-state index is 0.000694. The van der Waals surface area contributed by atoms with Gasteiger partial charge < -0.3 is 4.74 Å². The number of alkyl halides is 1. The third kappa shape index (κ3) is 3.55. The van der Waals surface area contributed by atoms with E-state index >= 15 is 0 Å². The summed E-state index contributed by atoms with van der Waals surface area (Å²) in [5, 5.41) is 0.719. The van der Waals surface area contributed by atoms with Gasteiger partial charge in [0.05, 0.1) is 12.5 Å². The van der Waals surface area contributed by atoms with E-state index in [2.05, 4.69) is 0 Å². The molecule has 0 heterocycles. The van der Waals surface area contributed by atoms with Crippen molar-refractivity contribution in [3.8, 4) is 5.75 Å². The summed E-state index contributed by atoms with van der Waals surface area (Å²) in [6.07, 6.45) is 7.73. The van der Waals surface area contributed by atoms with E-state index in [1.54, 1.807) is 7.11 Å². The molecule has 2 rings (SSSR count). The van der Waals surface area contributed by atoms with Crippen LogP contribution in [0.1, 0.15) is 49.5 Å². The minimum atomic E-state index is -0.000694. The van der Waals surface area contributed by atoms with Gasteiger partial charge in [0, 0.05) is 10.6 Å². The van der Waals surface area contributed by atoms with E-state index in [1.807, 2.05) is 18.2 Å². The highest BCUT2D eigenvalue weighted by Crippen LogP contribution is 2.38. The second-order valence-electron chi connectivity index (χ2n) is 5.08. The van der Waals surface area contributed by atoms with Gasteiger partial charge >= 0.3 is 0 Å². The van der Waals surface area contributed by atoms with E-state index in [0.717, 1.165) is 28.7 Å². The molecule has 0 aromatic heterocycles. The lowest BCUT2D eigenvalue weighted by atomic mass is 9.97. The molecule has 18 heavy (non-hydrogen) atoms. The number of hydrogen-bond donors (Lipinski definition) is 0. The Morgan fingerprint density at radius 2 is 2.06 bits per heavy atom. The summed E-state index contributed by atoms with van der Waals surface area (Å²) in [5.74, 6) is 1.71. The predicted octanol–water partition coefficient (Wildman–Crippen LogP) is 5.60. The molecule has 1 fully saturated rings. The van der Waals surface area contributed by atoms with Crippen LogP contribution in [-0.4, -0.2) is 7.11 Å². The van der Waals surface area contributed by atoms with E-state index in [4.69, 9.17) is 27.9 Å². The van der Waals surface area contributed by atoms with Gasteiger partial charge in [0.1, 0.15) is 5.75 Å². The van der Waals surface area contributed by atoms with Gasteiger partial charge in [0.25, 0.3) is 0 Å². The number of rotatable bonds is 5. The van der Waals surface area contributed by atoms with Gasteiger partial charge in [-0.3, -0.25) is 0 Å². The first-order valence-electron chi connectivity index (χ1n) is 6.68. The fourth-order valence-electron chi connectivity index (χ4n) is 2.79. The molecule has 0 aliphatic heterocycles. The van der Waals surface area contributed by atoms with E-state index in [-0.39, 0.29) is 5.38 Å². The van der Waals surface area contributed by atoms with Crippen LogP contribution in [0.15, 0.2) is 18.2 Å². The van der Waals surface area contributed by atoms with E-state index < -0.39 is 0 Å². The van der Waals surface area contributed by atoms with Crippen molar-refractivity contribution in [1.82, 2.24) is 0 Å². The van der Waals surface area contributed by atoms with Crippen LogP contribution in [0.2, 0.25) is 5.02 Å². The second-order valence-corrected chi connectivity index (χ2v) is 6.04. The maximum Gasteiger partial charge on any atom is 0.123 e. The van der Waals surface area contributed by atoms with Crippen LogP contribution in [0.25, 0.3) is 0 Å². The lowest BCUT2D eigenvalue weighted by molar-refractivity contribution is 0.406. The molecule has 0 radical (unpaired) electrons. The highest BCUT2D eigenvalue weighted by Gasteiger charge is 2.19. The summed E-state index contributed by atoms with van der Waals surface area (Å²) in [6, 6.07) is 5.65. The third-order valence-electron chi connectivity index (χ3n) is 3.83. The average molecular weight is 287 g/mol. The Morgan fingerprint density at radius 1 is 1.33 bits per heavy atom. The van der Waals surface area contributed by atoms with E-state index in [9.17, 15) is 0 Å². The molecule has 0 N–H and O–H groups in total. The maximum atomic E-state index is 6.50. The second kappa shape index (κ2) is 6.68. The molecule has 1 atom stereocenters. The van der Waals surface area contributed by atoms with Crippen LogP contribution in [-0.2, 0) is 0 Å². The lowest BCUT2D eigenvalue weighted by Crippen LogP contribution is -1.99. The van der Waals surface area contributed by atoms with Crippen LogP contribution in [0, 0.1) is 5.92 Å². The summed E-state index contributed by atoms with van der Waals surface area (Å²) < 4.78 is 5.35. The number of hydrogen-bond acceptors (Lipinski definition) is 1. The molecule has 1 saturated carbocycles. The van der Waals surface area contributed by atoms with Crippen molar-refractivity contribution >= 4 is 23.2 Å². The molecule has 1 aliphatic carbocycles. The van der Waals surface area contributed by atoms with Gasteiger partial charge in [-0.05, 0) is 37.0 Å². The highest BCUT2D eigenvalue weighted by atomic mass is 35.5. The van der Waals surface area contributed by atoms with Crippen molar-refractivity contribution < 1.29 is 4.74 Å². The summed E-state index contributed by atoms with van der Waals surface area (Å²) >= 11 is 12.5. The quantitative estimate of drug-likeness (QED) is 0.640. The third-order valence-corrected chi connectivity index (χ3v) is 4.52. The predicted molar refractivity (Wildman–Crippen MR) is 77.8 cm³/mol. The Bertz CT molecular complexity index is 386. The Balaban J connectivity index is 1.98. The monoisotopic (exact) mass is 286 g/mol. The summed E-state index contributed by atoms with van der Waals surface area (Å²) in [7, 11) is 1.67. The first-order valence-corrected chi connectivity index (χ1v) is 7.49. The topological polar surface area (TPSA) is 9.23 Å². The Kier molecular flexibility index (Phi) is 5.20. The van der Waals surface area contributed by atoms with E-state index in [1.165, 1.54) is 32.1 Å². The van der Waals surface area contributed by atoms with Crippen LogP contribution >= 0.6 is 23.2 Å². The molecule has 0 bridgehead atoms. The SMILES string of the molecule is COc1ccc(Cl)cc1C(Cl)CCC1CCCC1. The van der Waals surface area contributed by atoms with Gasteiger partial charge in [0.15, 0.2) is 0 Å². The molecule has 1 aliphatic rings. The number of ether oxygens (including phenoxy) is 1. The average Bonchev–Trinajstić information content (AvgIpc) is 2.89. The molecule has 1 aromatic carbocycles. The van der Waals surface area contributed by atoms with Gasteiger partial charge in [0.2, 0.25) is 0 Å². The first-order chi connectivity index (χ1) is 8.70. The highest BCUT2D eigenvalue weighted by molar-refractivity contribution is 6.30. The van der Waals surface area contributed by atoms with Crippen LogP contribution < -0.4 is 4.74 Å². The van der Waals surface area contributed by atoms with Gasteiger partial charge in [-0.2, -0.15) is 0 Å². The smallest absolute Gasteiger partial charge is 0.123 e. The molecular weight excluding hydrogens is 267 g/mol. The summed E-state index contributed by atoms with van der Waals surface area (Å²) in [4.78, 5) is 0. The molecule has 1 unspecified atom stereocenters. The molecule has 1 nitrogen and oxygen atoms in total. The molecule has 0 spiro atoms. The number of methoxy groups -OCH3 is 1. The zero-order valence-corrected chi connectivity index (χ0v) is 12.3. The lowest BCUT2D eigenvalue weighted by Gasteiger charge is -2.16. The first kappa shape index (κ1) is 14.0. The zero-order chi connectivity index (χ0) is 13.0. The fraction of sp³-hybridized carbons (Fsp3) is 0.600. The van der Waals surface area contributed by atoms with Crippen molar-refractivity contribution in [2.75, 3.05) is 7.11 Å². The summed E-state index contributed by atoms with van der Waals surface area (Å²) in [6.45, 7) is 0. The Hall–Kier alpha value is -0.400. The molecule has 3 heteroatoms. The fourth-order valence-corrected chi connectivity index (χ4v) is 3.26. The minimum Gasteiger partial charge on any atom is -0.496 e. The largest absolute Gasteiger partial charge is 0.496 e. The van der Waals surface area contributed by atoms with Crippen molar-refractivity contribution in [1.29, 1.82) is 0 Å². The van der Waals surface area contributed by atoms with Crippen LogP contribution in [0.4, 0.5) is 0 Å².